The van der Waals surface area contributed by atoms with Crippen LogP contribution in [0.1, 0.15) is 32.1 Å². The molecule has 15 heavy (non-hydrogen) atoms. The monoisotopic (exact) mass is 225 g/mol. The van der Waals surface area contributed by atoms with Gasteiger partial charge in [-0.05, 0) is 25.3 Å². The quantitative estimate of drug-likeness (QED) is 0.767. The summed E-state index contributed by atoms with van der Waals surface area (Å²) in [6.45, 7) is 0.202. The Hall–Kier alpha value is -0.290. The van der Waals surface area contributed by atoms with E-state index in [1.54, 1.807) is 0 Å². The van der Waals surface area contributed by atoms with E-state index < -0.39 is 12.3 Å². The topological polar surface area (TPSA) is 32.3 Å². The lowest BCUT2D eigenvalue weighted by Gasteiger charge is -2.23. The van der Waals surface area contributed by atoms with Crippen LogP contribution in [-0.2, 0) is 0 Å². The summed E-state index contributed by atoms with van der Waals surface area (Å²) in [6.07, 6.45) is -0.963. The fourth-order valence-electron chi connectivity index (χ4n) is 1.93. The van der Waals surface area contributed by atoms with Crippen molar-refractivity contribution >= 4 is 0 Å². The molecule has 1 aliphatic rings. The third-order valence-corrected chi connectivity index (χ3v) is 2.87. The zero-order valence-corrected chi connectivity index (χ0v) is 8.69. The molecule has 5 heteroatoms. The molecule has 2 nitrogen and oxygen atoms in total. The number of nitrogens with one attached hydrogen (secondary N) is 1. The Labute approximate surface area is 87.9 Å². The summed E-state index contributed by atoms with van der Waals surface area (Å²) in [5.41, 5.74) is 0. The molecule has 1 saturated carbocycles. The van der Waals surface area contributed by atoms with Crippen LogP contribution in [0.3, 0.4) is 0 Å². The van der Waals surface area contributed by atoms with Gasteiger partial charge in [0.15, 0.2) is 6.10 Å². The first-order chi connectivity index (χ1) is 7.00. The summed E-state index contributed by atoms with van der Waals surface area (Å²) < 4.78 is 35.8. The molecule has 0 aromatic heterocycles. The first kappa shape index (κ1) is 12.8. The Kier molecular flexibility index (Phi) is 4.86. The van der Waals surface area contributed by atoms with Gasteiger partial charge in [-0.1, -0.05) is 19.3 Å². The van der Waals surface area contributed by atoms with Gasteiger partial charge < -0.3 is 10.4 Å². The highest BCUT2D eigenvalue weighted by Gasteiger charge is 2.37. The van der Waals surface area contributed by atoms with Crippen molar-refractivity contribution in [1.82, 2.24) is 5.32 Å². The Morgan fingerprint density at radius 1 is 1.20 bits per heavy atom. The van der Waals surface area contributed by atoms with Crippen LogP contribution in [0.15, 0.2) is 0 Å². The van der Waals surface area contributed by atoms with E-state index in [1.807, 2.05) is 0 Å². The minimum Gasteiger partial charge on any atom is -0.382 e. The number of alkyl halides is 3. The minimum atomic E-state index is -4.50. The SMILES string of the molecule is O[C@H](CNCC1CCCCC1)C(F)(F)F. The van der Waals surface area contributed by atoms with Crippen molar-refractivity contribution in [3.05, 3.63) is 0 Å². The summed E-state index contributed by atoms with van der Waals surface area (Å²) in [6, 6.07) is 0. The second-order valence-corrected chi connectivity index (χ2v) is 4.22. The summed E-state index contributed by atoms with van der Waals surface area (Å²) in [7, 11) is 0. The Morgan fingerprint density at radius 2 is 1.80 bits per heavy atom. The van der Waals surface area contributed by atoms with Crippen molar-refractivity contribution in [3.63, 3.8) is 0 Å². The molecule has 2 N–H and O–H groups in total. The van der Waals surface area contributed by atoms with Crippen LogP contribution in [0, 0.1) is 5.92 Å². The fraction of sp³-hybridized carbons (Fsp3) is 1.00. The van der Waals surface area contributed by atoms with Crippen molar-refractivity contribution in [1.29, 1.82) is 0 Å². The summed E-state index contributed by atoms with van der Waals surface area (Å²) in [5, 5.41) is 11.4. The van der Waals surface area contributed by atoms with Gasteiger partial charge in [0, 0.05) is 6.54 Å². The molecule has 90 valence electrons. The van der Waals surface area contributed by atoms with Gasteiger partial charge in [-0.3, -0.25) is 0 Å². The molecule has 1 fully saturated rings. The zero-order valence-electron chi connectivity index (χ0n) is 8.69. The van der Waals surface area contributed by atoms with E-state index in [9.17, 15) is 13.2 Å². The summed E-state index contributed by atoms with van der Waals surface area (Å²) in [4.78, 5) is 0. The van der Waals surface area contributed by atoms with Gasteiger partial charge in [-0.2, -0.15) is 13.2 Å². The Balaban J connectivity index is 2.10. The smallest absolute Gasteiger partial charge is 0.382 e. The number of halogens is 3. The lowest BCUT2D eigenvalue weighted by molar-refractivity contribution is -0.201. The third-order valence-electron chi connectivity index (χ3n) is 2.87. The number of hydrogen-bond donors (Lipinski definition) is 2. The third kappa shape index (κ3) is 4.84. The van der Waals surface area contributed by atoms with Crippen LogP contribution in [-0.4, -0.2) is 30.5 Å². The van der Waals surface area contributed by atoms with E-state index in [0.29, 0.717) is 12.5 Å². The molecule has 0 heterocycles. The molecular weight excluding hydrogens is 207 g/mol. The van der Waals surface area contributed by atoms with Crippen molar-refractivity contribution in [3.8, 4) is 0 Å². The van der Waals surface area contributed by atoms with Crippen LogP contribution in [0.4, 0.5) is 13.2 Å². The molecule has 0 spiro atoms. The molecule has 0 unspecified atom stereocenters. The lowest BCUT2D eigenvalue weighted by atomic mass is 9.89. The van der Waals surface area contributed by atoms with E-state index in [1.165, 1.54) is 19.3 Å². The van der Waals surface area contributed by atoms with E-state index in [2.05, 4.69) is 5.32 Å². The molecule has 0 radical (unpaired) electrons. The van der Waals surface area contributed by atoms with Gasteiger partial charge in [0.1, 0.15) is 0 Å². The molecule has 1 atom stereocenters. The number of rotatable bonds is 4. The Morgan fingerprint density at radius 3 is 2.33 bits per heavy atom. The largest absolute Gasteiger partial charge is 0.415 e. The van der Waals surface area contributed by atoms with Gasteiger partial charge in [0.05, 0.1) is 0 Å². The second kappa shape index (κ2) is 5.70. The van der Waals surface area contributed by atoms with Crippen LogP contribution >= 0.6 is 0 Å². The van der Waals surface area contributed by atoms with Crippen molar-refractivity contribution < 1.29 is 18.3 Å². The summed E-state index contributed by atoms with van der Waals surface area (Å²) >= 11 is 0. The Bertz CT molecular complexity index is 178. The molecule has 1 rings (SSSR count). The van der Waals surface area contributed by atoms with Crippen LogP contribution in [0.5, 0.6) is 0 Å². The number of aliphatic hydroxyl groups is 1. The maximum absolute atomic E-state index is 11.9. The van der Waals surface area contributed by atoms with Gasteiger partial charge in [-0.15, -0.1) is 0 Å². The predicted octanol–water partition coefficient (Wildman–Crippen LogP) is 2.08. The average molecular weight is 225 g/mol. The molecule has 0 amide bonds. The maximum Gasteiger partial charge on any atom is 0.415 e. The number of hydrogen-bond acceptors (Lipinski definition) is 2. The maximum atomic E-state index is 11.9. The van der Waals surface area contributed by atoms with Crippen molar-refractivity contribution in [2.45, 2.75) is 44.4 Å². The van der Waals surface area contributed by atoms with Gasteiger partial charge in [0.2, 0.25) is 0 Å². The zero-order chi connectivity index (χ0) is 11.3. The normalized spacial score (nSPS) is 21.6. The van der Waals surface area contributed by atoms with Gasteiger partial charge >= 0.3 is 6.18 Å². The molecule has 1 aliphatic carbocycles. The van der Waals surface area contributed by atoms with Crippen LogP contribution in [0.25, 0.3) is 0 Å². The molecular formula is C10H18F3NO. The first-order valence-corrected chi connectivity index (χ1v) is 5.45. The first-order valence-electron chi connectivity index (χ1n) is 5.45. The highest BCUT2D eigenvalue weighted by Crippen LogP contribution is 2.23. The van der Waals surface area contributed by atoms with E-state index in [4.69, 9.17) is 5.11 Å². The molecule has 0 aliphatic heterocycles. The highest BCUT2D eigenvalue weighted by atomic mass is 19.4. The fourth-order valence-corrected chi connectivity index (χ4v) is 1.93. The predicted molar refractivity (Wildman–Crippen MR) is 51.5 cm³/mol. The highest BCUT2D eigenvalue weighted by molar-refractivity contribution is 4.72. The average Bonchev–Trinajstić information content (AvgIpc) is 2.18. The minimum absolute atomic E-state index is 0.389. The van der Waals surface area contributed by atoms with E-state index in [-0.39, 0.29) is 6.54 Å². The molecule has 0 bridgehead atoms. The van der Waals surface area contributed by atoms with Gasteiger partial charge in [0.25, 0.3) is 0 Å². The number of aliphatic hydroxyl groups excluding tert-OH is 1. The molecule has 0 aromatic carbocycles. The lowest BCUT2D eigenvalue weighted by Crippen LogP contribution is -2.40. The van der Waals surface area contributed by atoms with Gasteiger partial charge in [-0.25, -0.2) is 0 Å². The summed E-state index contributed by atoms with van der Waals surface area (Å²) in [5.74, 6) is 0.485. The standard InChI is InChI=1S/C10H18F3NO/c11-10(12,13)9(15)7-14-6-8-4-2-1-3-5-8/h8-9,14-15H,1-7H2/t9-/m1/s1. The van der Waals surface area contributed by atoms with E-state index >= 15 is 0 Å². The van der Waals surface area contributed by atoms with Crippen LogP contribution < -0.4 is 5.32 Å². The van der Waals surface area contributed by atoms with Crippen molar-refractivity contribution in [2.75, 3.05) is 13.1 Å². The van der Waals surface area contributed by atoms with Crippen molar-refractivity contribution in [2.24, 2.45) is 5.92 Å². The van der Waals surface area contributed by atoms with E-state index in [0.717, 1.165) is 12.8 Å². The molecule has 0 saturated heterocycles. The molecule has 0 aromatic rings. The van der Waals surface area contributed by atoms with Crippen LogP contribution in [0.2, 0.25) is 0 Å². The second-order valence-electron chi connectivity index (χ2n) is 4.22.